The van der Waals surface area contributed by atoms with Gasteiger partial charge in [0, 0.05) is 19.6 Å². The fourth-order valence-corrected chi connectivity index (χ4v) is 4.87. The van der Waals surface area contributed by atoms with Crippen molar-refractivity contribution in [3.05, 3.63) is 64.7 Å². The first-order chi connectivity index (χ1) is 15.0. The van der Waals surface area contributed by atoms with Crippen molar-refractivity contribution in [2.45, 2.75) is 56.3 Å². The van der Waals surface area contributed by atoms with Crippen molar-refractivity contribution < 1.29 is 22.6 Å². The molecule has 2 saturated heterocycles. The van der Waals surface area contributed by atoms with Gasteiger partial charge in [0.05, 0.1) is 13.2 Å². The Labute approximate surface area is 181 Å². The second kappa shape index (κ2) is 8.47. The number of alkyl halides is 1. The van der Waals surface area contributed by atoms with Crippen LogP contribution in [0.25, 0.3) is 0 Å². The SMILES string of the molecule is Fc1cc(C2CCCCC2)cc(F)c1OC1CN(Cc2ccc(C3(F)COC3)cc2)C1. The van der Waals surface area contributed by atoms with Gasteiger partial charge in [0.25, 0.3) is 0 Å². The largest absolute Gasteiger partial charge is 0.482 e. The van der Waals surface area contributed by atoms with Crippen LogP contribution in [0.2, 0.25) is 0 Å². The maximum absolute atomic E-state index is 14.6. The number of ether oxygens (including phenoxy) is 2. The molecule has 2 aromatic carbocycles. The van der Waals surface area contributed by atoms with Gasteiger partial charge in [-0.2, -0.15) is 0 Å². The van der Waals surface area contributed by atoms with Crippen LogP contribution >= 0.6 is 0 Å². The van der Waals surface area contributed by atoms with E-state index >= 15 is 0 Å². The molecule has 6 heteroatoms. The quantitative estimate of drug-likeness (QED) is 0.605. The van der Waals surface area contributed by atoms with Gasteiger partial charge in [-0.3, -0.25) is 4.90 Å². The predicted octanol–water partition coefficient (Wildman–Crippen LogP) is 5.47. The predicted molar refractivity (Wildman–Crippen MR) is 112 cm³/mol. The lowest BCUT2D eigenvalue weighted by atomic mass is 9.84. The number of hydrogen-bond donors (Lipinski definition) is 0. The average Bonchev–Trinajstić information content (AvgIpc) is 2.73. The third-order valence-electron chi connectivity index (χ3n) is 6.84. The van der Waals surface area contributed by atoms with Crippen molar-refractivity contribution >= 4 is 0 Å². The van der Waals surface area contributed by atoms with Crippen LogP contribution < -0.4 is 4.74 Å². The fraction of sp³-hybridized carbons (Fsp3) is 0.520. The molecule has 31 heavy (non-hydrogen) atoms. The number of likely N-dealkylation sites (tertiary alicyclic amines) is 1. The standard InChI is InChI=1S/C25H28F3NO2/c26-22-10-19(18-4-2-1-3-5-18)11-23(27)24(22)31-21-13-29(14-21)12-17-6-8-20(9-7-17)25(28)15-30-16-25/h6-11,18,21H,1-5,12-16H2. The summed E-state index contributed by atoms with van der Waals surface area (Å²) in [4.78, 5) is 2.14. The summed E-state index contributed by atoms with van der Waals surface area (Å²) in [5.74, 6) is -1.21. The van der Waals surface area contributed by atoms with E-state index in [4.69, 9.17) is 9.47 Å². The van der Waals surface area contributed by atoms with Crippen LogP contribution in [0.15, 0.2) is 36.4 Å². The normalized spacial score (nSPS) is 22.0. The minimum Gasteiger partial charge on any atom is -0.482 e. The van der Waals surface area contributed by atoms with E-state index in [1.165, 1.54) is 18.6 Å². The van der Waals surface area contributed by atoms with Crippen molar-refractivity contribution in [3.63, 3.8) is 0 Å². The smallest absolute Gasteiger partial charge is 0.191 e. The molecule has 3 aliphatic rings. The van der Waals surface area contributed by atoms with Crippen LogP contribution in [-0.2, 0) is 17.0 Å². The number of benzene rings is 2. The molecule has 2 aliphatic heterocycles. The topological polar surface area (TPSA) is 21.7 Å². The van der Waals surface area contributed by atoms with E-state index in [1.54, 1.807) is 0 Å². The van der Waals surface area contributed by atoms with Crippen LogP contribution in [0, 0.1) is 11.6 Å². The summed E-state index contributed by atoms with van der Waals surface area (Å²) in [7, 11) is 0. The maximum atomic E-state index is 14.6. The van der Waals surface area contributed by atoms with E-state index in [0.717, 1.165) is 36.8 Å². The van der Waals surface area contributed by atoms with Crippen LogP contribution in [0.4, 0.5) is 13.2 Å². The molecule has 2 heterocycles. The Balaban J connectivity index is 1.14. The van der Waals surface area contributed by atoms with Gasteiger partial charge in [-0.15, -0.1) is 0 Å². The molecule has 0 atom stereocenters. The Hall–Kier alpha value is -2.05. The van der Waals surface area contributed by atoms with Crippen LogP contribution in [0.1, 0.15) is 54.7 Å². The Morgan fingerprint density at radius 3 is 2.19 bits per heavy atom. The second-order valence-corrected chi connectivity index (χ2v) is 9.24. The molecule has 1 saturated carbocycles. The first-order valence-electron chi connectivity index (χ1n) is 11.2. The zero-order valence-corrected chi connectivity index (χ0v) is 17.6. The summed E-state index contributed by atoms with van der Waals surface area (Å²) >= 11 is 0. The maximum Gasteiger partial charge on any atom is 0.191 e. The molecule has 0 spiro atoms. The van der Waals surface area contributed by atoms with Crippen molar-refractivity contribution in [2.24, 2.45) is 0 Å². The molecular formula is C25H28F3NO2. The lowest BCUT2D eigenvalue weighted by Crippen LogP contribution is -2.53. The molecule has 0 N–H and O–H groups in total. The Bertz CT molecular complexity index is 894. The van der Waals surface area contributed by atoms with Crippen molar-refractivity contribution in [1.29, 1.82) is 0 Å². The molecule has 3 nitrogen and oxygen atoms in total. The molecule has 0 bridgehead atoms. The van der Waals surface area contributed by atoms with Gasteiger partial charge in [0.1, 0.15) is 6.10 Å². The number of halogens is 3. The Morgan fingerprint density at radius 2 is 1.61 bits per heavy atom. The molecule has 0 unspecified atom stereocenters. The van der Waals surface area contributed by atoms with E-state index in [-0.39, 0.29) is 31.0 Å². The first kappa shape index (κ1) is 20.8. The molecule has 1 aliphatic carbocycles. The monoisotopic (exact) mass is 431 g/mol. The highest BCUT2D eigenvalue weighted by Gasteiger charge is 2.40. The minimum absolute atomic E-state index is 0.117. The van der Waals surface area contributed by atoms with Gasteiger partial charge >= 0.3 is 0 Å². The second-order valence-electron chi connectivity index (χ2n) is 9.24. The molecule has 5 rings (SSSR count). The van der Waals surface area contributed by atoms with E-state index in [2.05, 4.69) is 4.90 Å². The van der Waals surface area contributed by atoms with Crippen LogP contribution in [-0.4, -0.2) is 37.3 Å². The highest BCUT2D eigenvalue weighted by Crippen LogP contribution is 2.36. The highest BCUT2D eigenvalue weighted by molar-refractivity contribution is 5.34. The number of rotatable bonds is 6. The van der Waals surface area contributed by atoms with Gasteiger partial charge in [0.15, 0.2) is 23.1 Å². The summed E-state index contributed by atoms with van der Waals surface area (Å²) in [6.45, 7) is 2.14. The van der Waals surface area contributed by atoms with Gasteiger partial charge in [-0.05, 0) is 47.6 Å². The Morgan fingerprint density at radius 1 is 0.968 bits per heavy atom. The number of nitrogens with zero attached hydrogens (tertiary/aromatic N) is 1. The molecule has 166 valence electrons. The lowest BCUT2D eigenvalue weighted by molar-refractivity contribution is -0.135. The van der Waals surface area contributed by atoms with E-state index in [1.807, 2.05) is 24.3 Å². The van der Waals surface area contributed by atoms with Gasteiger partial charge in [-0.1, -0.05) is 43.5 Å². The van der Waals surface area contributed by atoms with Crippen molar-refractivity contribution in [3.8, 4) is 5.75 Å². The summed E-state index contributed by atoms with van der Waals surface area (Å²) in [5, 5.41) is 0. The summed E-state index contributed by atoms with van der Waals surface area (Å²) in [5.41, 5.74) is 1.12. The molecule has 2 aromatic rings. The third-order valence-corrected chi connectivity index (χ3v) is 6.84. The minimum atomic E-state index is -1.35. The van der Waals surface area contributed by atoms with E-state index in [9.17, 15) is 13.2 Å². The molecule has 0 radical (unpaired) electrons. The van der Waals surface area contributed by atoms with Gasteiger partial charge in [0.2, 0.25) is 0 Å². The Kier molecular flexibility index (Phi) is 5.69. The lowest BCUT2D eigenvalue weighted by Gasteiger charge is -2.39. The fourth-order valence-electron chi connectivity index (χ4n) is 4.87. The van der Waals surface area contributed by atoms with Crippen molar-refractivity contribution in [1.82, 2.24) is 4.90 Å². The summed E-state index contributed by atoms with van der Waals surface area (Å²) in [6.07, 6.45) is 5.21. The zero-order valence-electron chi connectivity index (χ0n) is 17.6. The third kappa shape index (κ3) is 4.33. The summed E-state index contributed by atoms with van der Waals surface area (Å²) < 4.78 is 54.1. The highest BCUT2D eigenvalue weighted by atomic mass is 19.1. The molecule has 3 fully saturated rings. The molecule has 0 amide bonds. The van der Waals surface area contributed by atoms with Crippen LogP contribution in [0.3, 0.4) is 0 Å². The zero-order chi connectivity index (χ0) is 21.4. The van der Waals surface area contributed by atoms with Gasteiger partial charge in [-0.25, -0.2) is 13.2 Å². The van der Waals surface area contributed by atoms with Crippen LogP contribution in [0.5, 0.6) is 5.75 Å². The molecular weight excluding hydrogens is 403 g/mol. The summed E-state index contributed by atoms with van der Waals surface area (Å²) in [6, 6.07) is 10.4. The van der Waals surface area contributed by atoms with Gasteiger partial charge < -0.3 is 9.47 Å². The number of hydrogen-bond acceptors (Lipinski definition) is 3. The van der Waals surface area contributed by atoms with Crippen molar-refractivity contribution in [2.75, 3.05) is 26.3 Å². The average molecular weight is 431 g/mol. The van der Waals surface area contributed by atoms with E-state index in [0.29, 0.717) is 25.2 Å². The first-order valence-corrected chi connectivity index (χ1v) is 11.2. The van der Waals surface area contributed by atoms with E-state index < -0.39 is 17.3 Å². The molecule has 0 aromatic heterocycles.